The predicted molar refractivity (Wildman–Crippen MR) is 109 cm³/mol. The second-order valence-electron chi connectivity index (χ2n) is 6.60. The number of halogens is 1. The van der Waals surface area contributed by atoms with E-state index in [1.165, 1.54) is 0 Å². The maximum Gasteiger partial charge on any atom is 0.233 e. The first-order valence-electron chi connectivity index (χ1n) is 8.57. The van der Waals surface area contributed by atoms with E-state index >= 15 is 0 Å². The van der Waals surface area contributed by atoms with Gasteiger partial charge in [0, 0.05) is 10.6 Å². The SMILES string of the molecule is Cc1cc2c(c(-c3ccc(Oc4ccc(Cl)cc4)cc3)c1)NS(=O)(=O)CC2. The summed E-state index contributed by atoms with van der Waals surface area (Å²) in [4.78, 5) is 0. The van der Waals surface area contributed by atoms with Crippen LogP contribution >= 0.6 is 11.6 Å². The first-order valence-corrected chi connectivity index (χ1v) is 10.6. The lowest BCUT2D eigenvalue weighted by atomic mass is 9.96. The van der Waals surface area contributed by atoms with Gasteiger partial charge in [0.25, 0.3) is 0 Å². The van der Waals surface area contributed by atoms with Crippen LogP contribution in [0.4, 0.5) is 5.69 Å². The van der Waals surface area contributed by atoms with Gasteiger partial charge in [-0.1, -0.05) is 35.4 Å². The van der Waals surface area contributed by atoms with Crippen molar-refractivity contribution in [2.75, 3.05) is 10.5 Å². The maximum absolute atomic E-state index is 12.0. The fraction of sp³-hybridized carbons (Fsp3) is 0.143. The normalized spacial score (nSPS) is 14.9. The standard InChI is InChI=1S/C21H18ClNO3S/c1-14-12-16-10-11-27(24,25)23-21(16)20(13-14)15-2-6-18(7-3-15)26-19-8-4-17(22)5-9-19/h2-9,12-13,23H,10-11H2,1H3. The molecule has 0 bridgehead atoms. The molecule has 4 rings (SSSR count). The molecule has 6 heteroatoms. The molecule has 1 aliphatic rings. The second kappa shape index (κ2) is 6.91. The van der Waals surface area contributed by atoms with Gasteiger partial charge in [0.05, 0.1) is 11.4 Å². The topological polar surface area (TPSA) is 55.4 Å². The van der Waals surface area contributed by atoms with Gasteiger partial charge >= 0.3 is 0 Å². The summed E-state index contributed by atoms with van der Waals surface area (Å²) in [5, 5.41) is 0.657. The summed E-state index contributed by atoms with van der Waals surface area (Å²) in [7, 11) is -3.28. The van der Waals surface area contributed by atoms with Crippen molar-refractivity contribution in [2.24, 2.45) is 0 Å². The molecule has 0 fully saturated rings. The third-order valence-corrected chi connectivity index (χ3v) is 5.99. The van der Waals surface area contributed by atoms with Crippen LogP contribution in [-0.2, 0) is 16.4 Å². The number of fused-ring (bicyclic) bond motifs is 1. The number of aryl methyl sites for hydroxylation is 2. The number of hydrogen-bond donors (Lipinski definition) is 1. The molecule has 0 unspecified atom stereocenters. The van der Waals surface area contributed by atoms with Crippen LogP contribution in [-0.4, -0.2) is 14.2 Å². The molecule has 27 heavy (non-hydrogen) atoms. The molecule has 0 atom stereocenters. The van der Waals surface area contributed by atoms with Crippen LogP contribution in [0.5, 0.6) is 11.5 Å². The average Bonchev–Trinajstić information content (AvgIpc) is 2.64. The van der Waals surface area contributed by atoms with Crippen LogP contribution in [0.25, 0.3) is 11.1 Å². The third kappa shape index (κ3) is 3.94. The van der Waals surface area contributed by atoms with E-state index in [1.54, 1.807) is 12.1 Å². The smallest absolute Gasteiger partial charge is 0.233 e. The van der Waals surface area contributed by atoms with E-state index in [9.17, 15) is 8.42 Å². The lowest BCUT2D eigenvalue weighted by molar-refractivity contribution is 0.483. The van der Waals surface area contributed by atoms with Crippen molar-refractivity contribution < 1.29 is 13.2 Å². The van der Waals surface area contributed by atoms with E-state index in [0.29, 0.717) is 28.6 Å². The molecule has 3 aromatic carbocycles. The number of benzene rings is 3. The Morgan fingerprint density at radius 3 is 2.26 bits per heavy atom. The molecule has 0 saturated carbocycles. The summed E-state index contributed by atoms with van der Waals surface area (Å²) in [5.41, 5.74) is 4.63. The molecule has 1 N–H and O–H groups in total. The van der Waals surface area contributed by atoms with Gasteiger partial charge in [-0.15, -0.1) is 0 Å². The Balaban J connectivity index is 1.66. The first-order chi connectivity index (χ1) is 12.9. The third-order valence-electron chi connectivity index (χ3n) is 4.48. The molecule has 1 aliphatic heterocycles. The Morgan fingerprint density at radius 1 is 0.963 bits per heavy atom. The van der Waals surface area contributed by atoms with Crippen molar-refractivity contribution in [2.45, 2.75) is 13.3 Å². The van der Waals surface area contributed by atoms with Crippen LogP contribution in [0.2, 0.25) is 5.02 Å². The highest BCUT2D eigenvalue weighted by Crippen LogP contribution is 2.37. The van der Waals surface area contributed by atoms with Gasteiger partial charge in [-0.25, -0.2) is 8.42 Å². The molecule has 4 nitrogen and oxygen atoms in total. The van der Waals surface area contributed by atoms with Gasteiger partial charge in [0.15, 0.2) is 0 Å². The number of rotatable bonds is 3. The summed E-state index contributed by atoms with van der Waals surface area (Å²) in [6.07, 6.45) is 0.525. The zero-order chi connectivity index (χ0) is 19.0. The molecule has 0 aliphatic carbocycles. The lowest BCUT2D eigenvalue weighted by Gasteiger charge is -2.22. The monoisotopic (exact) mass is 399 g/mol. The molecule has 138 valence electrons. The first kappa shape index (κ1) is 17.9. The van der Waals surface area contributed by atoms with E-state index in [-0.39, 0.29) is 5.75 Å². The number of hydrogen-bond acceptors (Lipinski definition) is 3. The minimum absolute atomic E-state index is 0.122. The van der Waals surface area contributed by atoms with Crippen molar-refractivity contribution in [3.63, 3.8) is 0 Å². The number of ether oxygens (including phenoxy) is 1. The van der Waals surface area contributed by atoms with Gasteiger partial charge in [-0.2, -0.15) is 0 Å². The predicted octanol–water partition coefficient (Wildman–Crippen LogP) is 5.41. The number of sulfonamides is 1. The van der Waals surface area contributed by atoms with Crippen molar-refractivity contribution in [3.8, 4) is 22.6 Å². The Labute approximate surface area is 163 Å². The van der Waals surface area contributed by atoms with Gasteiger partial charge in [-0.05, 0) is 66.9 Å². The highest BCUT2D eigenvalue weighted by Gasteiger charge is 2.23. The van der Waals surface area contributed by atoms with Crippen molar-refractivity contribution in [1.29, 1.82) is 0 Å². The minimum Gasteiger partial charge on any atom is -0.457 e. The Bertz CT molecular complexity index is 1090. The summed E-state index contributed by atoms with van der Waals surface area (Å²) in [6.45, 7) is 2.02. The maximum atomic E-state index is 12.0. The van der Waals surface area contributed by atoms with E-state index in [0.717, 1.165) is 22.3 Å². The fourth-order valence-electron chi connectivity index (χ4n) is 3.20. The van der Waals surface area contributed by atoms with E-state index in [4.69, 9.17) is 16.3 Å². The quantitative estimate of drug-likeness (QED) is 0.641. The molecular weight excluding hydrogens is 382 g/mol. The molecular formula is C21H18ClNO3S. The summed E-state index contributed by atoms with van der Waals surface area (Å²) in [5.74, 6) is 1.52. The molecule has 3 aromatic rings. The molecule has 1 heterocycles. The Morgan fingerprint density at radius 2 is 1.59 bits per heavy atom. The van der Waals surface area contributed by atoms with Crippen molar-refractivity contribution in [1.82, 2.24) is 0 Å². The van der Waals surface area contributed by atoms with Crippen LogP contribution in [0.1, 0.15) is 11.1 Å². The minimum atomic E-state index is -3.28. The average molecular weight is 400 g/mol. The molecule has 0 spiro atoms. The Kier molecular flexibility index (Phi) is 4.58. The van der Waals surface area contributed by atoms with Crippen molar-refractivity contribution in [3.05, 3.63) is 76.8 Å². The van der Waals surface area contributed by atoms with E-state index < -0.39 is 10.0 Å². The fourth-order valence-corrected chi connectivity index (χ4v) is 4.47. The molecule has 0 aromatic heterocycles. The highest BCUT2D eigenvalue weighted by molar-refractivity contribution is 7.92. The Hall–Kier alpha value is -2.50. The van der Waals surface area contributed by atoms with Gasteiger partial charge in [0.2, 0.25) is 10.0 Å². The van der Waals surface area contributed by atoms with Crippen LogP contribution in [0.3, 0.4) is 0 Å². The lowest BCUT2D eigenvalue weighted by Crippen LogP contribution is -2.24. The zero-order valence-corrected chi connectivity index (χ0v) is 16.3. The van der Waals surface area contributed by atoms with Crippen molar-refractivity contribution >= 4 is 27.3 Å². The highest BCUT2D eigenvalue weighted by atomic mass is 35.5. The molecule has 0 saturated heterocycles. The number of anilines is 1. The number of nitrogens with one attached hydrogen (secondary N) is 1. The largest absolute Gasteiger partial charge is 0.457 e. The van der Waals surface area contributed by atoms with E-state index in [2.05, 4.69) is 4.72 Å². The van der Waals surface area contributed by atoms with E-state index in [1.807, 2.05) is 55.5 Å². The van der Waals surface area contributed by atoms with Crippen LogP contribution < -0.4 is 9.46 Å². The summed E-state index contributed by atoms with van der Waals surface area (Å²) >= 11 is 5.89. The van der Waals surface area contributed by atoms with Gasteiger partial charge in [-0.3, -0.25) is 4.72 Å². The van der Waals surface area contributed by atoms with Crippen LogP contribution in [0, 0.1) is 6.92 Å². The van der Waals surface area contributed by atoms with Gasteiger partial charge < -0.3 is 4.74 Å². The second-order valence-corrected chi connectivity index (χ2v) is 8.88. The summed E-state index contributed by atoms with van der Waals surface area (Å²) < 4.78 is 32.6. The van der Waals surface area contributed by atoms with Gasteiger partial charge in [0.1, 0.15) is 11.5 Å². The molecule has 0 radical (unpaired) electrons. The summed E-state index contributed by atoms with van der Waals surface area (Å²) in [6, 6.07) is 18.8. The van der Waals surface area contributed by atoms with Crippen LogP contribution in [0.15, 0.2) is 60.7 Å². The zero-order valence-electron chi connectivity index (χ0n) is 14.7. The molecule has 0 amide bonds.